The second-order valence-electron chi connectivity index (χ2n) is 2.98. The predicted octanol–water partition coefficient (Wildman–Crippen LogP) is 2.14. The molecule has 82 valence electrons. The van der Waals surface area contributed by atoms with Crippen molar-refractivity contribution in [1.82, 2.24) is 0 Å². The van der Waals surface area contributed by atoms with Crippen molar-refractivity contribution in [3.05, 3.63) is 22.7 Å². The normalized spacial score (nSPS) is 14.3. The summed E-state index contributed by atoms with van der Waals surface area (Å²) in [6.07, 6.45) is 0. The Morgan fingerprint density at radius 2 is 1.87 bits per heavy atom. The summed E-state index contributed by atoms with van der Waals surface area (Å²) in [5.74, 6) is 0.662. The molecule has 0 aliphatic carbocycles. The molecule has 7 heteroatoms. The van der Waals surface area contributed by atoms with Crippen LogP contribution in [0.15, 0.2) is 12.1 Å². The van der Waals surface area contributed by atoms with E-state index in [-0.39, 0.29) is 12.5 Å². The van der Waals surface area contributed by atoms with Gasteiger partial charge in [-0.1, -0.05) is 11.6 Å². The highest BCUT2D eigenvalue weighted by molar-refractivity contribution is 8.13. The van der Waals surface area contributed by atoms with Gasteiger partial charge >= 0.3 is 0 Å². The maximum Gasteiger partial charge on any atom is 0.236 e. The number of hydrogen-bond donors (Lipinski definition) is 0. The molecule has 2 rings (SSSR count). The summed E-state index contributed by atoms with van der Waals surface area (Å²) in [6.45, 7) is 0.114. The number of halogens is 2. The summed E-state index contributed by atoms with van der Waals surface area (Å²) >= 11 is 5.86. The van der Waals surface area contributed by atoms with Crippen LogP contribution in [-0.4, -0.2) is 15.2 Å². The van der Waals surface area contributed by atoms with Crippen molar-refractivity contribution < 1.29 is 17.9 Å². The van der Waals surface area contributed by atoms with E-state index in [9.17, 15) is 8.42 Å². The van der Waals surface area contributed by atoms with Gasteiger partial charge in [0.2, 0.25) is 15.8 Å². The van der Waals surface area contributed by atoms with Gasteiger partial charge in [-0.3, -0.25) is 0 Å². The van der Waals surface area contributed by atoms with Crippen molar-refractivity contribution >= 4 is 31.3 Å². The van der Waals surface area contributed by atoms with Crippen molar-refractivity contribution in [2.24, 2.45) is 0 Å². The van der Waals surface area contributed by atoms with Gasteiger partial charge in [0, 0.05) is 21.8 Å². The van der Waals surface area contributed by atoms with E-state index >= 15 is 0 Å². The minimum Gasteiger partial charge on any atom is -0.454 e. The van der Waals surface area contributed by atoms with Crippen LogP contribution in [0.5, 0.6) is 11.5 Å². The molecule has 0 saturated heterocycles. The van der Waals surface area contributed by atoms with Gasteiger partial charge in [0.1, 0.15) is 0 Å². The van der Waals surface area contributed by atoms with Crippen LogP contribution in [-0.2, 0) is 14.8 Å². The molecule has 0 fully saturated rings. The maximum atomic E-state index is 10.9. The molecule has 0 bridgehead atoms. The van der Waals surface area contributed by atoms with Crippen LogP contribution in [0.4, 0.5) is 0 Å². The molecule has 0 saturated carbocycles. The molecule has 15 heavy (non-hydrogen) atoms. The number of fused-ring (bicyclic) bond motifs is 1. The number of rotatable bonds is 2. The van der Waals surface area contributed by atoms with E-state index in [1.807, 2.05) is 0 Å². The standard InChI is InChI=1S/C8H6Cl2O4S/c9-6-2-8-7(13-4-14-8)1-5(6)3-15(10,11)12/h1-2H,3-4H2. The zero-order valence-corrected chi connectivity index (χ0v) is 9.69. The third-order valence-electron chi connectivity index (χ3n) is 1.87. The maximum absolute atomic E-state index is 10.9. The molecule has 4 nitrogen and oxygen atoms in total. The molecule has 0 N–H and O–H groups in total. The average molecular weight is 269 g/mol. The molecule has 1 aromatic carbocycles. The van der Waals surface area contributed by atoms with Gasteiger partial charge in [-0.05, 0) is 11.6 Å². The average Bonchev–Trinajstić information content (AvgIpc) is 2.49. The Morgan fingerprint density at radius 3 is 2.47 bits per heavy atom. The van der Waals surface area contributed by atoms with E-state index in [2.05, 4.69) is 0 Å². The van der Waals surface area contributed by atoms with Gasteiger partial charge in [-0.2, -0.15) is 0 Å². The number of ether oxygens (including phenoxy) is 2. The lowest BCUT2D eigenvalue weighted by molar-refractivity contribution is 0.174. The van der Waals surface area contributed by atoms with Crippen LogP contribution < -0.4 is 9.47 Å². The first kappa shape index (κ1) is 10.9. The van der Waals surface area contributed by atoms with Gasteiger partial charge < -0.3 is 9.47 Å². The second kappa shape index (κ2) is 3.73. The summed E-state index contributed by atoms with van der Waals surface area (Å²) < 4.78 is 31.9. The minimum atomic E-state index is -3.63. The van der Waals surface area contributed by atoms with E-state index in [4.69, 9.17) is 31.8 Å². The fourth-order valence-corrected chi connectivity index (χ4v) is 2.52. The third-order valence-corrected chi connectivity index (χ3v) is 3.20. The highest BCUT2D eigenvalue weighted by atomic mass is 35.7. The zero-order chi connectivity index (χ0) is 11.1. The van der Waals surface area contributed by atoms with Crippen LogP contribution >= 0.6 is 22.3 Å². The Hall–Kier alpha value is -0.650. The topological polar surface area (TPSA) is 52.6 Å². The Balaban J connectivity index is 2.41. The quantitative estimate of drug-likeness (QED) is 0.772. The lowest BCUT2D eigenvalue weighted by atomic mass is 10.2. The van der Waals surface area contributed by atoms with Crippen molar-refractivity contribution in [2.75, 3.05) is 6.79 Å². The first-order chi connectivity index (χ1) is 6.96. The molecule has 1 aliphatic rings. The summed E-state index contributed by atoms with van der Waals surface area (Å²) in [7, 11) is 1.51. The summed E-state index contributed by atoms with van der Waals surface area (Å²) in [5, 5.41) is 0.295. The van der Waals surface area contributed by atoms with Gasteiger partial charge in [0.25, 0.3) is 0 Å². The van der Waals surface area contributed by atoms with Gasteiger partial charge in [0.15, 0.2) is 11.5 Å². The Morgan fingerprint density at radius 1 is 1.27 bits per heavy atom. The molecular weight excluding hydrogens is 263 g/mol. The summed E-state index contributed by atoms with van der Waals surface area (Å²) in [6, 6.07) is 3.03. The van der Waals surface area contributed by atoms with Gasteiger partial charge in [0.05, 0.1) is 5.75 Å². The van der Waals surface area contributed by atoms with Crippen molar-refractivity contribution in [1.29, 1.82) is 0 Å². The smallest absolute Gasteiger partial charge is 0.236 e. The molecule has 0 spiro atoms. The third kappa shape index (κ3) is 2.48. The van der Waals surface area contributed by atoms with E-state index < -0.39 is 9.05 Å². The van der Waals surface area contributed by atoms with E-state index in [0.717, 1.165) is 0 Å². The number of benzene rings is 1. The molecule has 0 atom stereocenters. The molecular formula is C8H6Cl2O4S. The summed E-state index contributed by atoms with van der Waals surface area (Å²) in [5.41, 5.74) is 0.399. The van der Waals surface area contributed by atoms with Crippen molar-refractivity contribution in [3.8, 4) is 11.5 Å². The van der Waals surface area contributed by atoms with Crippen LogP contribution in [0, 0.1) is 0 Å². The zero-order valence-electron chi connectivity index (χ0n) is 7.37. The fraction of sp³-hybridized carbons (Fsp3) is 0.250. The fourth-order valence-electron chi connectivity index (χ4n) is 1.26. The van der Waals surface area contributed by atoms with E-state index in [1.165, 1.54) is 12.1 Å². The van der Waals surface area contributed by atoms with Crippen LogP contribution in [0.25, 0.3) is 0 Å². The molecule has 1 heterocycles. The highest BCUT2D eigenvalue weighted by Crippen LogP contribution is 2.37. The highest BCUT2D eigenvalue weighted by Gasteiger charge is 2.19. The molecule has 0 radical (unpaired) electrons. The van der Waals surface area contributed by atoms with Gasteiger partial charge in [-0.25, -0.2) is 8.42 Å². The lowest BCUT2D eigenvalue weighted by Crippen LogP contribution is -1.96. The van der Waals surface area contributed by atoms with Crippen LogP contribution in [0.1, 0.15) is 5.56 Å². The molecule has 0 amide bonds. The Labute approximate surface area is 96.1 Å². The number of hydrogen-bond acceptors (Lipinski definition) is 4. The van der Waals surface area contributed by atoms with E-state index in [1.54, 1.807) is 0 Å². The van der Waals surface area contributed by atoms with Gasteiger partial charge in [-0.15, -0.1) is 0 Å². The second-order valence-corrected chi connectivity index (χ2v) is 6.16. The van der Waals surface area contributed by atoms with Crippen LogP contribution in [0.3, 0.4) is 0 Å². The minimum absolute atomic E-state index is 0.114. The molecule has 1 aliphatic heterocycles. The first-order valence-electron chi connectivity index (χ1n) is 3.96. The molecule has 0 unspecified atom stereocenters. The molecule has 1 aromatic rings. The molecule has 0 aromatic heterocycles. The van der Waals surface area contributed by atoms with E-state index in [0.29, 0.717) is 22.1 Å². The Bertz CT molecular complexity index is 498. The van der Waals surface area contributed by atoms with Crippen molar-refractivity contribution in [3.63, 3.8) is 0 Å². The SMILES string of the molecule is O=S(=O)(Cl)Cc1cc2c(cc1Cl)OCO2. The lowest BCUT2D eigenvalue weighted by Gasteiger charge is -2.03. The van der Waals surface area contributed by atoms with Crippen LogP contribution in [0.2, 0.25) is 5.02 Å². The predicted molar refractivity (Wildman–Crippen MR) is 56.1 cm³/mol. The Kier molecular flexibility index (Phi) is 2.70. The summed E-state index contributed by atoms with van der Waals surface area (Å²) in [4.78, 5) is 0. The first-order valence-corrected chi connectivity index (χ1v) is 6.82. The largest absolute Gasteiger partial charge is 0.454 e. The van der Waals surface area contributed by atoms with Crippen molar-refractivity contribution in [2.45, 2.75) is 5.75 Å². The monoisotopic (exact) mass is 268 g/mol.